The summed E-state index contributed by atoms with van der Waals surface area (Å²) in [7, 11) is 2.95. The number of halogens is 1. The highest BCUT2D eigenvalue weighted by molar-refractivity contribution is 8.00. The number of nitrogens with one attached hydrogen (secondary N) is 2. The minimum Gasteiger partial charge on any atom is -0.496 e. The Morgan fingerprint density at radius 1 is 0.972 bits per heavy atom. The summed E-state index contributed by atoms with van der Waals surface area (Å²) < 4.78 is 10.6. The lowest BCUT2D eigenvalue weighted by Crippen LogP contribution is -2.24. The Balaban J connectivity index is 1.75. The highest BCUT2D eigenvalue weighted by atomic mass is 35.5. The van der Waals surface area contributed by atoms with Crippen molar-refractivity contribution < 1.29 is 29.0 Å². The van der Waals surface area contributed by atoms with Crippen LogP contribution in [0.3, 0.4) is 0 Å². The Kier molecular flexibility index (Phi) is 9.21. The molecule has 0 heterocycles. The van der Waals surface area contributed by atoms with E-state index in [1.54, 1.807) is 36.4 Å². The van der Waals surface area contributed by atoms with Crippen molar-refractivity contribution in [3.63, 3.8) is 0 Å². The molecular weight excluding hydrogens is 504 g/mol. The molecule has 1 unspecified atom stereocenters. The van der Waals surface area contributed by atoms with E-state index in [1.807, 2.05) is 13.0 Å². The molecule has 188 valence electrons. The summed E-state index contributed by atoms with van der Waals surface area (Å²) in [6, 6.07) is 16.3. The van der Waals surface area contributed by atoms with Crippen molar-refractivity contribution in [3.8, 4) is 11.5 Å². The third-order valence-electron chi connectivity index (χ3n) is 5.16. The first-order chi connectivity index (χ1) is 17.3. The maximum Gasteiger partial charge on any atom is 0.335 e. The molecule has 10 heteroatoms. The van der Waals surface area contributed by atoms with Gasteiger partial charge in [0.05, 0.1) is 35.7 Å². The monoisotopic (exact) mass is 528 g/mol. The second kappa shape index (κ2) is 12.3. The highest BCUT2D eigenvalue weighted by Crippen LogP contribution is 2.32. The van der Waals surface area contributed by atoms with Crippen LogP contribution in [0.2, 0.25) is 5.02 Å². The SMILES string of the molecule is CCC(Sc1cccc(NC(=O)c2c(OC)cccc2OC)c1)C(=O)Nc1cc(C(=O)O)ccc1Cl. The van der Waals surface area contributed by atoms with E-state index >= 15 is 0 Å². The molecule has 0 saturated heterocycles. The zero-order chi connectivity index (χ0) is 26.2. The molecule has 0 fully saturated rings. The maximum absolute atomic E-state index is 13.0. The van der Waals surface area contributed by atoms with Crippen molar-refractivity contribution in [1.29, 1.82) is 0 Å². The van der Waals surface area contributed by atoms with E-state index < -0.39 is 17.1 Å². The molecule has 0 aromatic heterocycles. The molecular formula is C26H25ClN2O6S. The summed E-state index contributed by atoms with van der Waals surface area (Å²) in [6.45, 7) is 1.87. The Morgan fingerprint density at radius 2 is 1.64 bits per heavy atom. The minimum atomic E-state index is -1.12. The highest BCUT2D eigenvalue weighted by Gasteiger charge is 2.21. The number of carboxylic acid groups (broad SMARTS) is 1. The Hall–Kier alpha value is -3.69. The van der Waals surface area contributed by atoms with Gasteiger partial charge in [-0.15, -0.1) is 11.8 Å². The lowest BCUT2D eigenvalue weighted by Gasteiger charge is -2.17. The zero-order valence-corrected chi connectivity index (χ0v) is 21.4. The van der Waals surface area contributed by atoms with Gasteiger partial charge in [0, 0.05) is 10.6 Å². The summed E-state index contributed by atoms with van der Waals surface area (Å²) >= 11 is 7.46. The average molecular weight is 529 g/mol. The number of anilines is 2. The first kappa shape index (κ1) is 26.9. The molecule has 2 amide bonds. The van der Waals surface area contributed by atoms with Crippen LogP contribution < -0.4 is 20.1 Å². The molecule has 3 N–H and O–H groups in total. The number of benzene rings is 3. The molecule has 3 aromatic carbocycles. The van der Waals surface area contributed by atoms with E-state index in [2.05, 4.69) is 10.6 Å². The van der Waals surface area contributed by atoms with Gasteiger partial charge in [-0.05, 0) is 55.0 Å². The molecule has 0 aliphatic carbocycles. The fourth-order valence-electron chi connectivity index (χ4n) is 3.37. The number of carbonyl (C=O) groups is 3. The molecule has 3 rings (SSSR count). The van der Waals surface area contributed by atoms with Crippen LogP contribution in [0, 0.1) is 0 Å². The summed E-state index contributed by atoms with van der Waals surface area (Å²) in [4.78, 5) is 37.9. The van der Waals surface area contributed by atoms with Gasteiger partial charge in [-0.3, -0.25) is 9.59 Å². The molecule has 3 aromatic rings. The minimum absolute atomic E-state index is 0.0190. The van der Waals surface area contributed by atoms with E-state index in [9.17, 15) is 19.5 Å². The average Bonchev–Trinajstić information content (AvgIpc) is 2.87. The zero-order valence-electron chi connectivity index (χ0n) is 19.8. The molecule has 8 nitrogen and oxygen atoms in total. The first-order valence-electron chi connectivity index (χ1n) is 10.9. The topological polar surface area (TPSA) is 114 Å². The summed E-state index contributed by atoms with van der Waals surface area (Å²) in [5.74, 6) is -1.08. The number of methoxy groups -OCH3 is 2. The number of ether oxygens (including phenoxy) is 2. The largest absolute Gasteiger partial charge is 0.496 e. The molecule has 0 saturated carbocycles. The van der Waals surface area contributed by atoms with Crippen LogP contribution in [0.4, 0.5) is 11.4 Å². The van der Waals surface area contributed by atoms with Crippen LogP contribution in [-0.4, -0.2) is 42.4 Å². The Labute approximate surface area is 217 Å². The van der Waals surface area contributed by atoms with E-state index in [-0.39, 0.29) is 27.7 Å². The van der Waals surface area contributed by atoms with Crippen LogP contribution >= 0.6 is 23.4 Å². The second-order valence-electron chi connectivity index (χ2n) is 7.52. The van der Waals surface area contributed by atoms with Crippen molar-refractivity contribution in [2.45, 2.75) is 23.5 Å². The molecule has 36 heavy (non-hydrogen) atoms. The fourth-order valence-corrected chi connectivity index (χ4v) is 4.55. The number of carbonyl (C=O) groups excluding carboxylic acids is 2. The van der Waals surface area contributed by atoms with E-state index in [1.165, 1.54) is 44.2 Å². The predicted octanol–water partition coefficient (Wildman–Crippen LogP) is 5.82. The van der Waals surface area contributed by atoms with Crippen LogP contribution in [0.1, 0.15) is 34.1 Å². The summed E-state index contributed by atoms with van der Waals surface area (Å²) in [6.07, 6.45) is 0.502. The van der Waals surface area contributed by atoms with Crippen molar-refractivity contribution in [2.24, 2.45) is 0 Å². The van der Waals surface area contributed by atoms with Crippen molar-refractivity contribution >= 4 is 52.5 Å². The van der Waals surface area contributed by atoms with Crippen molar-refractivity contribution in [2.75, 3.05) is 24.9 Å². The van der Waals surface area contributed by atoms with Gasteiger partial charge in [-0.1, -0.05) is 30.7 Å². The number of amides is 2. The van der Waals surface area contributed by atoms with Gasteiger partial charge in [-0.2, -0.15) is 0 Å². The molecule has 0 radical (unpaired) electrons. The third-order valence-corrected chi connectivity index (χ3v) is 6.85. The van der Waals surface area contributed by atoms with Crippen molar-refractivity contribution in [3.05, 3.63) is 76.8 Å². The Morgan fingerprint density at radius 3 is 2.25 bits per heavy atom. The standard InChI is InChI=1S/C26H25ClN2O6S/c1-4-22(24(30)29-19-13-15(26(32)33)11-12-18(19)27)36-17-8-5-7-16(14-17)28-25(31)23-20(34-2)9-6-10-21(23)35-3/h5-14,22H,4H2,1-3H3,(H,28,31)(H,29,30)(H,32,33). The van der Waals surface area contributed by atoms with Crippen LogP contribution in [0.25, 0.3) is 0 Å². The molecule has 0 spiro atoms. The number of aromatic carboxylic acids is 1. The van der Waals surface area contributed by atoms with Gasteiger partial charge in [0.1, 0.15) is 17.1 Å². The summed E-state index contributed by atoms with van der Waals surface area (Å²) in [5, 5.41) is 14.5. The first-order valence-corrected chi connectivity index (χ1v) is 12.2. The van der Waals surface area contributed by atoms with Gasteiger partial charge >= 0.3 is 5.97 Å². The van der Waals surface area contributed by atoms with Gasteiger partial charge < -0.3 is 25.2 Å². The second-order valence-corrected chi connectivity index (χ2v) is 9.21. The number of thioether (sulfide) groups is 1. The van der Waals surface area contributed by atoms with E-state index in [4.69, 9.17) is 21.1 Å². The van der Waals surface area contributed by atoms with Gasteiger partial charge in [0.15, 0.2) is 0 Å². The number of rotatable bonds is 10. The lowest BCUT2D eigenvalue weighted by molar-refractivity contribution is -0.115. The molecule has 0 aliphatic rings. The van der Waals surface area contributed by atoms with Crippen LogP contribution in [-0.2, 0) is 4.79 Å². The third kappa shape index (κ3) is 6.50. The van der Waals surface area contributed by atoms with Gasteiger partial charge in [0.2, 0.25) is 5.91 Å². The molecule has 1 atom stereocenters. The smallest absolute Gasteiger partial charge is 0.335 e. The number of carboxylic acids is 1. The van der Waals surface area contributed by atoms with Gasteiger partial charge in [0.25, 0.3) is 5.91 Å². The quantitative estimate of drug-likeness (QED) is 0.284. The van der Waals surface area contributed by atoms with Crippen molar-refractivity contribution in [1.82, 2.24) is 0 Å². The predicted molar refractivity (Wildman–Crippen MR) is 141 cm³/mol. The summed E-state index contributed by atoms with van der Waals surface area (Å²) in [5.41, 5.74) is 1.05. The fraction of sp³-hybridized carbons (Fsp3) is 0.192. The lowest BCUT2D eigenvalue weighted by atomic mass is 10.1. The maximum atomic E-state index is 13.0. The molecule has 0 bridgehead atoms. The normalized spacial score (nSPS) is 11.3. The molecule has 0 aliphatic heterocycles. The van der Waals surface area contributed by atoms with E-state index in [0.717, 1.165) is 4.90 Å². The Bertz CT molecular complexity index is 1260. The van der Waals surface area contributed by atoms with E-state index in [0.29, 0.717) is 23.6 Å². The van der Waals surface area contributed by atoms with Crippen LogP contribution in [0.5, 0.6) is 11.5 Å². The number of hydrogen-bond acceptors (Lipinski definition) is 6. The number of hydrogen-bond donors (Lipinski definition) is 3. The van der Waals surface area contributed by atoms with Crippen LogP contribution in [0.15, 0.2) is 65.6 Å². The van der Waals surface area contributed by atoms with Gasteiger partial charge in [-0.25, -0.2) is 4.79 Å².